The third kappa shape index (κ3) is 4.15. The molecule has 114 valence electrons. The summed E-state index contributed by atoms with van der Waals surface area (Å²) >= 11 is 4.84. The number of nitro benzene ring substituents is 1. The molecular weight excluding hydrogens is 372 g/mol. The lowest BCUT2D eigenvalue weighted by atomic mass is 10.2. The highest BCUT2D eigenvalue weighted by molar-refractivity contribution is 9.11. The highest BCUT2D eigenvalue weighted by atomic mass is 79.9. The van der Waals surface area contributed by atoms with Crippen LogP contribution in [-0.4, -0.2) is 17.9 Å². The Kier molecular flexibility index (Phi) is 5.29. The van der Waals surface area contributed by atoms with Crippen LogP contribution in [0.5, 0.6) is 5.75 Å². The Bertz CT molecular complexity index is 742. The van der Waals surface area contributed by atoms with Crippen molar-refractivity contribution in [3.63, 3.8) is 0 Å². The van der Waals surface area contributed by atoms with E-state index >= 15 is 0 Å². The number of thiophene rings is 1. The van der Waals surface area contributed by atoms with Crippen molar-refractivity contribution in [1.29, 1.82) is 0 Å². The number of amides is 1. The van der Waals surface area contributed by atoms with Crippen LogP contribution in [0, 0.1) is 10.1 Å². The number of non-ortho nitro benzene ring substituents is 1. The molecule has 0 saturated carbocycles. The van der Waals surface area contributed by atoms with E-state index in [1.54, 1.807) is 6.08 Å². The zero-order valence-electron chi connectivity index (χ0n) is 11.4. The number of nitrogens with one attached hydrogen (secondary N) is 1. The fourth-order valence-electron chi connectivity index (χ4n) is 1.65. The van der Waals surface area contributed by atoms with Crippen LogP contribution in [0.4, 0.5) is 11.4 Å². The Hall–Kier alpha value is -2.19. The minimum Gasteiger partial charge on any atom is -0.494 e. The summed E-state index contributed by atoms with van der Waals surface area (Å²) in [5, 5.41) is 13.3. The number of carbonyl (C=O) groups is 1. The molecule has 1 N–H and O–H groups in total. The quantitative estimate of drug-likeness (QED) is 0.479. The summed E-state index contributed by atoms with van der Waals surface area (Å²) in [4.78, 5) is 23.0. The molecule has 0 saturated heterocycles. The van der Waals surface area contributed by atoms with Gasteiger partial charge in [0.05, 0.1) is 27.6 Å². The number of halogens is 1. The van der Waals surface area contributed by atoms with Crippen molar-refractivity contribution >= 4 is 50.6 Å². The number of benzene rings is 1. The van der Waals surface area contributed by atoms with E-state index in [0.717, 1.165) is 8.66 Å². The minimum absolute atomic E-state index is 0.103. The van der Waals surface area contributed by atoms with Gasteiger partial charge in [0.15, 0.2) is 0 Å². The number of ether oxygens (including phenoxy) is 1. The molecule has 0 bridgehead atoms. The minimum atomic E-state index is -0.525. The Morgan fingerprint density at radius 1 is 1.41 bits per heavy atom. The van der Waals surface area contributed by atoms with E-state index in [1.165, 1.54) is 42.7 Å². The van der Waals surface area contributed by atoms with E-state index < -0.39 is 4.92 Å². The average molecular weight is 383 g/mol. The van der Waals surface area contributed by atoms with Gasteiger partial charge in [0, 0.05) is 17.0 Å². The van der Waals surface area contributed by atoms with Gasteiger partial charge in [0.25, 0.3) is 5.69 Å². The molecule has 0 aliphatic carbocycles. The predicted molar refractivity (Wildman–Crippen MR) is 89.3 cm³/mol. The van der Waals surface area contributed by atoms with Crippen molar-refractivity contribution in [2.45, 2.75) is 0 Å². The molecule has 0 fully saturated rings. The van der Waals surface area contributed by atoms with Gasteiger partial charge in [-0.05, 0) is 40.2 Å². The molecule has 2 rings (SSSR count). The van der Waals surface area contributed by atoms with Gasteiger partial charge >= 0.3 is 0 Å². The van der Waals surface area contributed by atoms with E-state index in [9.17, 15) is 14.9 Å². The summed E-state index contributed by atoms with van der Waals surface area (Å²) in [7, 11) is 1.38. The summed E-state index contributed by atoms with van der Waals surface area (Å²) in [6.07, 6.45) is 3.07. The van der Waals surface area contributed by atoms with E-state index in [-0.39, 0.29) is 17.3 Å². The van der Waals surface area contributed by atoms with Crippen molar-refractivity contribution in [1.82, 2.24) is 0 Å². The van der Waals surface area contributed by atoms with Crippen LogP contribution in [0.2, 0.25) is 0 Å². The summed E-state index contributed by atoms with van der Waals surface area (Å²) in [5.41, 5.74) is 0.268. The monoisotopic (exact) mass is 382 g/mol. The molecule has 0 radical (unpaired) electrons. The first-order valence-electron chi connectivity index (χ1n) is 6.06. The van der Waals surface area contributed by atoms with Crippen LogP contribution in [0.3, 0.4) is 0 Å². The Labute approximate surface area is 138 Å². The number of hydrogen-bond donors (Lipinski definition) is 1. The third-order valence-electron chi connectivity index (χ3n) is 2.65. The molecule has 0 aliphatic rings. The van der Waals surface area contributed by atoms with Gasteiger partial charge in [-0.15, -0.1) is 11.3 Å². The van der Waals surface area contributed by atoms with Crippen molar-refractivity contribution < 1.29 is 14.5 Å². The normalized spacial score (nSPS) is 10.6. The molecule has 2 aromatic rings. The lowest BCUT2D eigenvalue weighted by Crippen LogP contribution is -2.09. The molecule has 0 atom stereocenters. The highest BCUT2D eigenvalue weighted by Gasteiger charge is 2.12. The van der Waals surface area contributed by atoms with E-state index in [2.05, 4.69) is 21.2 Å². The van der Waals surface area contributed by atoms with Gasteiger partial charge in [-0.1, -0.05) is 0 Å². The number of nitrogens with zero attached hydrogens (tertiary/aromatic N) is 1. The van der Waals surface area contributed by atoms with Gasteiger partial charge in [-0.25, -0.2) is 0 Å². The largest absolute Gasteiger partial charge is 0.494 e. The van der Waals surface area contributed by atoms with Crippen molar-refractivity contribution in [3.8, 4) is 5.75 Å². The second kappa shape index (κ2) is 7.19. The van der Waals surface area contributed by atoms with Gasteiger partial charge in [0.2, 0.25) is 5.91 Å². The first kappa shape index (κ1) is 16.2. The van der Waals surface area contributed by atoms with E-state index in [1.807, 2.05) is 12.1 Å². The first-order valence-corrected chi connectivity index (χ1v) is 7.67. The van der Waals surface area contributed by atoms with Crippen LogP contribution < -0.4 is 10.1 Å². The number of nitro groups is 1. The molecule has 6 nitrogen and oxygen atoms in total. The Balaban J connectivity index is 2.11. The zero-order chi connectivity index (χ0) is 16.1. The molecule has 1 aromatic carbocycles. The number of rotatable bonds is 5. The highest BCUT2D eigenvalue weighted by Crippen LogP contribution is 2.29. The number of carbonyl (C=O) groups excluding carboxylic acids is 1. The van der Waals surface area contributed by atoms with Crippen molar-refractivity contribution in [2.24, 2.45) is 0 Å². The summed E-state index contributed by atoms with van der Waals surface area (Å²) in [6.45, 7) is 0. The van der Waals surface area contributed by atoms with Gasteiger partial charge in [-0.2, -0.15) is 0 Å². The zero-order valence-corrected chi connectivity index (χ0v) is 13.8. The smallest absolute Gasteiger partial charge is 0.273 e. The topological polar surface area (TPSA) is 81.5 Å². The predicted octanol–water partition coefficient (Wildman–Crippen LogP) is 4.08. The molecule has 0 unspecified atom stereocenters. The molecule has 1 heterocycles. The molecule has 0 aliphatic heterocycles. The number of hydrogen-bond acceptors (Lipinski definition) is 5. The molecule has 1 amide bonds. The van der Waals surface area contributed by atoms with Gasteiger partial charge in [-0.3, -0.25) is 14.9 Å². The Morgan fingerprint density at radius 3 is 2.77 bits per heavy atom. The maximum atomic E-state index is 11.9. The van der Waals surface area contributed by atoms with Crippen LogP contribution in [0.15, 0.2) is 40.2 Å². The summed E-state index contributed by atoms with van der Waals surface area (Å²) in [6, 6.07) is 7.77. The van der Waals surface area contributed by atoms with Crippen molar-refractivity contribution in [3.05, 3.63) is 55.2 Å². The Morgan fingerprint density at radius 2 is 2.18 bits per heavy atom. The molecular formula is C14H11BrN2O4S. The maximum Gasteiger partial charge on any atom is 0.273 e. The third-order valence-corrected chi connectivity index (χ3v) is 4.24. The standard InChI is InChI=1S/C14H11BrN2O4S/c1-21-12-8-9(17(19)20)2-5-11(12)16-14(18)7-4-10-3-6-13(15)22-10/h2-8H,1H3,(H,16,18)/b7-4+. The van der Waals surface area contributed by atoms with Crippen LogP contribution in [0.1, 0.15) is 4.88 Å². The molecule has 1 aromatic heterocycles. The van der Waals surface area contributed by atoms with Gasteiger partial charge < -0.3 is 10.1 Å². The molecule has 22 heavy (non-hydrogen) atoms. The second-order valence-corrected chi connectivity index (χ2v) is 6.60. The lowest BCUT2D eigenvalue weighted by Gasteiger charge is -2.08. The lowest BCUT2D eigenvalue weighted by molar-refractivity contribution is -0.384. The van der Waals surface area contributed by atoms with Gasteiger partial charge in [0.1, 0.15) is 5.75 Å². The summed E-state index contributed by atoms with van der Waals surface area (Å²) in [5.74, 6) is -0.119. The van der Waals surface area contributed by atoms with Crippen LogP contribution >= 0.6 is 27.3 Å². The second-order valence-electron chi connectivity index (χ2n) is 4.11. The summed E-state index contributed by atoms with van der Waals surface area (Å²) < 4.78 is 6.03. The van der Waals surface area contributed by atoms with Crippen LogP contribution in [-0.2, 0) is 4.79 Å². The molecule has 0 spiro atoms. The fourth-order valence-corrected chi connectivity index (χ4v) is 2.97. The van der Waals surface area contributed by atoms with E-state index in [0.29, 0.717) is 5.69 Å². The first-order chi connectivity index (χ1) is 10.5. The number of methoxy groups -OCH3 is 1. The van der Waals surface area contributed by atoms with Crippen LogP contribution in [0.25, 0.3) is 6.08 Å². The van der Waals surface area contributed by atoms with Crippen molar-refractivity contribution in [2.75, 3.05) is 12.4 Å². The average Bonchev–Trinajstić information content (AvgIpc) is 2.91. The van der Waals surface area contributed by atoms with E-state index in [4.69, 9.17) is 4.74 Å². The SMILES string of the molecule is COc1cc([N+](=O)[O-])ccc1NC(=O)/C=C/c1ccc(Br)s1. The number of anilines is 1. The molecule has 8 heteroatoms. The maximum absolute atomic E-state index is 11.9. The fraction of sp³-hybridized carbons (Fsp3) is 0.0714.